The number of amides is 1. The Bertz CT molecular complexity index is 399. The Morgan fingerprint density at radius 2 is 2.18 bits per heavy atom. The fourth-order valence-electron chi connectivity index (χ4n) is 2.05. The smallest absolute Gasteiger partial charge is 0.220 e. The topological polar surface area (TPSA) is 55.1 Å². The molecule has 1 aromatic rings. The van der Waals surface area contributed by atoms with E-state index in [4.69, 9.17) is 5.73 Å². The van der Waals surface area contributed by atoms with Crippen LogP contribution in [0.15, 0.2) is 24.3 Å². The third-order valence-corrected chi connectivity index (χ3v) is 3.39. The summed E-state index contributed by atoms with van der Waals surface area (Å²) in [5.41, 5.74) is 7.67. The molecule has 17 heavy (non-hydrogen) atoms. The second-order valence-electron chi connectivity index (χ2n) is 4.89. The molecule has 0 bridgehead atoms. The zero-order valence-electron chi connectivity index (χ0n) is 10.3. The summed E-state index contributed by atoms with van der Waals surface area (Å²) >= 11 is 0. The van der Waals surface area contributed by atoms with Crippen molar-refractivity contribution in [3.8, 4) is 0 Å². The number of anilines is 1. The second kappa shape index (κ2) is 5.21. The van der Waals surface area contributed by atoms with Crippen LogP contribution in [0.4, 0.5) is 5.69 Å². The van der Waals surface area contributed by atoms with Gasteiger partial charge in [-0.3, -0.25) is 4.79 Å². The Morgan fingerprint density at radius 3 is 2.82 bits per heavy atom. The summed E-state index contributed by atoms with van der Waals surface area (Å²) in [6, 6.07) is 8.05. The second-order valence-corrected chi connectivity index (χ2v) is 4.89. The molecule has 1 fully saturated rings. The van der Waals surface area contributed by atoms with E-state index in [0.717, 1.165) is 17.7 Å². The fraction of sp³-hybridized carbons (Fsp3) is 0.500. The zero-order chi connectivity index (χ0) is 12.3. The van der Waals surface area contributed by atoms with Crippen LogP contribution < -0.4 is 11.1 Å². The van der Waals surface area contributed by atoms with Crippen molar-refractivity contribution in [2.24, 2.45) is 5.92 Å². The summed E-state index contributed by atoms with van der Waals surface area (Å²) in [6.45, 7) is 2.09. The van der Waals surface area contributed by atoms with Crippen LogP contribution in [0.1, 0.15) is 31.7 Å². The SMILES string of the molecule is CC(NC(=O)CCc1ccccc1N)C1CC1. The number of hydrogen-bond donors (Lipinski definition) is 2. The lowest BCUT2D eigenvalue weighted by atomic mass is 10.1. The highest BCUT2D eigenvalue weighted by Gasteiger charge is 2.28. The summed E-state index contributed by atoms with van der Waals surface area (Å²) in [4.78, 5) is 11.7. The van der Waals surface area contributed by atoms with E-state index >= 15 is 0 Å². The molecule has 1 saturated carbocycles. The van der Waals surface area contributed by atoms with Gasteiger partial charge in [0.2, 0.25) is 5.91 Å². The van der Waals surface area contributed by atoms with E-state index in [0.29, 0.717) is 18.4 Å². The zero-order valence-corrected chi connectivity index (χ0v) is 10.3. The number of aryl methyl sites for hydroxylation is 1. The highest BCUT2D eigenvalue weighted by atomic mass is 16.1. The monoisotopic (exact) mass is 232 g/mol. The molecule has 0 radical (unpaired) electrons. The number of carbonyl (C=O) groups excluding carboxylic acids is 1. The van der Waals surface area contributed by atoms with Crippen molar-refractivity contribution >= 4 is 11.6 Å². The van der Waals surface area contributed by atoms with E-state index in [1.807, 2.05) is 24.3 Å². The average molecular weight is 232 g/mol. The molecule has 3 N–H and O–H groups in total. The Hall–Kier alpha value is -1.51. The highest BCUT2D eigenvalue weighted by Crippen LogP contribution is 2.32. The summed E-state index contributed by atoms with van der Waals surface area (Å²) in [7, 11) is 0. The highest BCUT2D eigenvalue weighted by molar-refractivity contribution is 5.76. The van der Waals surface area contributed by atoms with Gasteiger partial charge in [0.05, 0.1) is 0 Å². The van der Waals surface area contributed by atoms with Crippen LogP contribution in [0, 0.1) is 5.92 Å². The van der Waals surface area contributed by atoms with Crippen LogP contribution in [0.5, 0.6) is 0 Å². The summed E-state index contributed by atoms with van der Waals surface area (Å²) in [6.07, 6.45) is 3.75. The quantitative estimate of drug-likeness (QED) is 0.764. The maximum Gasteiger partial charge on any atom is 0.220 e. The first-order chi connectivity index (χ1) is 8.16. The lowest BCUT2D eigenvalue weighted by molar-refractivity contribution is -0.121. The van der Waals surface area contributed by atoms with Gasteiger partial charge in [-0.15, -0.1) is 0 Å². The van der Waals surface area contributed by atoms with Crippen molar-refractivity contribution in [3.63, 3.8) is 0 Å². The van der Waals surface area contributed by atoms with Gasteiger partial charge in [0, 0.05) is 18.2 Å². The lowest BCUT2D eigenvalue weighted by Crippen LogP contribution is -2.34. The van der Waals surface area contributed by atoms with Gasteiger partial charge >= 0.3 is 0 Å². The minimum absolute atomic E-state index is 0.132. The van der Waals surface area contributed by atoms with Gasteiger partial charge in [0.15, 0.2) is 0 Å². The number of benzene rings is 1. The van der Waals surface area contributed by atoms with Gasteiger partial charge in [-0.05, 0) is 43.7 Å². The van der Waals surface area contributed by atoms with Crippen molar-refractivity contribution in [2.75, 3.05) is 5.73 Å². The van der Waals surface area contributed by atoms with E-state index in [1.54, 1.807) is 0 Å². The number of nitrogens with one attached hydrogen (secondary N) is 1. The van der Waals surface area contributed by atoms with Crippen LogP contribution in [-0.4, -0.2) is 11.9 Å². The molecule has 0 aliphatic heterocycles. The van der Waals surface area contributed by atoms with Gasteiger partial charge in [0.25, 0.3) is 0 Å². The van der Waals surface area contributed by atoms with E-state index in [-0.39, 0.29) is 5.91 Å². The molecule has 1 amide bonds. The van der Waals surface area contributed by atoms with Crippen molar-refractivity contribution < 1.29 is 4.79 Å². The third kappa shape index (κ3) is 3.48. The Kier molecular flexibility index (Phi) is 3.67. The van der Waals surface area contributed by atoms with Crippen LogP contribution in [0.25, 0.3) is 0 Å². The first kappa shape index (κ1) is 12.0. The molecule has 1 aromatic carbocycles. The number of nitrogens with two attached hydrogens (primary N) is 1. The van der Waals surface area contributed by atoms with Gasteiger partial charge < -0.3 is 11.1 Å². The summed E-state index contributed by atoms with van der Waals surface area (Å²) in [5, 5.41) is 3.05. The van der Waals surface area contributed by atoms with Crippen LogP contribution >= 0.6 is 0 Å². The minimum atomic E-state index is 0.132. The largest absolute Gasteiger partial charge is 0.399 e. The molecular weight excluding hydrogens is 212 g/mol. The standard InChI is InChI=1S/C14H20N2O/c1-10(11-6-7-11)16-14(17)9-8-12-4-2-3-5-13(12)15/h2-5,10-11H,6-9,15H2,1H3,(H,16,17). The maximum absolute atomic E-state index is 11.7. The molecule has 0 aromatic heterocycles. The molecule has 1 aliphatic rings. The molecule has 0 spiro atoms. The predicted octanol–water partition coefficient (Wildman–Crippen LogP) is 2.12. The third-order valence-electron chi connectivity index (χ3n) is 3.39. The minimum Gasteiger partial charge on any atom is -0.399 e. The van der Waals surface area contributed by atoms with Crippen LogP contribution in [0.2, 0.25) is 0 Å². The Labute approximate surface area is 102 Å². The van der Waals surface area contributed by atoms with Crippen molar-refractivity contribution in [3.05, 3.63) is 29.8 Å². The molecule has 0 heterocycles. The molecular formula is C14H20N2O. The lowest BCUT2D eigenvalue weighted by Gasteiger charge is -2.12. The maximum atomic E-state index is 11.7. The Balaban J connectivity index is 1.77. The van der Waals surface area contributed by atoms with Crippen LogP contribution in [0.3, 0.4) is 0 Å². The first-order valence-corrected chi connectivity index (χ1v) is 6.29. The van der Waals surface area contributed by atoms with Crippen LogP contribution in [-0.2, 0) is 11.2 Å². The summed E-state index contributed by atoms with van der Waals surface area (Å²) in [5.74, 6) is 0.841. The molecule has 3 heteroatoms. The van der Waals surface area contributed by atoms with Crippen molar-refractivity contribution in [1.29, 1.82) is 0 Å². The molecule has 92 valence electrons. The number of carbonyl (C=O) groups is 1. The number of rotatable bonds is 5. The molecule has 1 aliphatic carbocycles. The fourth-order valence-corrected chi connectivity index (χ4v) is 2.05. The number of para-hydroxylation sites is 1. The van der Waals surface area contributed by atoms with E-state index in [9.17, 15) is 4.79 Å². The van der Waals surface area contributed by atoms with E-state index < -0.39 is 0 Å². The van der Waals surface area contributed by atoms with Gasteiger partial charge in [-0.1, -0.05) is 18.2 Å². The normalized spacial score (nSPS) is 16.5. The van der Waals surface area contributed by atoms with Crippen molar-refractivity contribution in [1.82, 2.24) is 5.32 Å². The van der Waals surface area contributed by atoms with Crippen molar-refractivity contribution in [2.45, 2.75) is 38.6 Å². The van der Waals surface area contributed by atoms with E-state index in [2.05, 4.69) is 12.2 Å². The van der Waals surface area contributed by atoms with Gasteiger partial charge in [0.1, 0.15) is 0 Å². The predicted molar refractivity (Wildman–Crippen MR) is 69.5 cm³/mol. The number of nitrogen functional groups attached to an aromatic ring is 1. The molecule has 1 unspecified atom stereocenters. The summed E-state index contributed by atoms with van der Waals surface area (Å²) < 4.78 is 0. The molecule has 1 atom stereocenters. The number of hydrogen-bond acceptors (Lipinski definition) is 2. The van der Waals surface area contributed by atoms with Gasteiger partial charge in [-0.25, -0.2) is 0 Å². The molecule has 0 saturated heterocycles. The average Bonchev–Trinajstić information content (AvgIpc) is 3.11. The Morgan fingerprint density at radius 1 is 1.47 bits per heavy atom. The van der Waals surface area contributed by atoms with Gasteiger partial charge in [-0.2, -0.15) is 0 Å². The first-order valence-electron chi connectivity index (χ1n) is 6.29. The molecule has 2 rings (SSSR count). The van der Waals surface area contributed by atoms with E-state index in [1.165, 1.54) is 12.8 Å². The molecule has 3 nitrogen and oxygen atoms in total.